The van der Waals surface area contributed by atoms with Crippen molar-refractivity contribution in [3.8, 4) is 16.9 Å². The van der Waals surface area contributed by atoms with Crippen molar-refractivity contribution in [1.82, 2.24) is 9.78 Å². The van der Waals surface area contributed by atoms with Crippen molar-refractivity contribution in [2.24, 2.45) is 7.05 Å². The second kappa shape index (κ2) is 4.72. The van der Waals surface area contributed by atoms with Gasteiger partial charge in [-0.15, -0.1) is 0 Å². The Labute approximate surface area is 107 Å². The van der Waals surface area contributed by atoms with Gasteiger partial charge in [0.1, 0.15) is 11.6 Å². The maximum Gasteiger partial charge on any atom is 0.130 e. The molecule has 1 heterocycles. The van der Waals surface area contributed by atoms with Crippen LogP contribution in [-0.2, 0) is 7.05 Å². The average molecular weight is 245 g/mol. The molecule has 0 aliphatic rings. The third kappa shape index (κ3) is 1.94. The number of hydrogen-bond donors (Lipinski definition) is 1. The number of aryl methyl sites for hydroxylation is 1. The number of hydrogen-bond acceptors (Lipinski definition) is 3. The summed E-state index contributed by atoms with van der Waals surface area (Å²) in [5, 5.41) is 4.18. The summed E-state index contributed by atoms with van der Waals surface area (Å²) in [6.07, 6.45) is 1.78. The van der Waals surface area contributed by atoms with E-state index >= 15 is 0 Å². The number of methoxy groups -OCH3 is 1. The lowest BCUT2D eigenvalue weighted by Gasteiger charge is -2.15. The van der Waals surface area contributed by atoms with Crippen LogP contribution in [0.5, 0.6) is 5.75 Å². The zero-order valence-electron chi connectivity index (χ0n) is 11.3. The normalized spacial score (nSPS) is 10.9. The summed E-state index contributed by atoms with van der Waals surface area (Å²) in [7, 11) is 3.52. The molecule has 0 spiro atoms. The highest BCUT2D eigenvalue weighted by Crippen LogP contribution is 2.38. The molecule has 18 heavy (non-hydrogen) atoms. The predicted molar refractivity (Wildman–Crippen MR) is 73.7 cm³/mol. The lowest BCUT2D eigenvalue weighted by Crippen LogP contribution is -2.00. The van der Waals surface area contributed by atoms with Gasteiger partial charge in [-0.1, -0.05) is 32.0 Å². The molecule has 0 aliphatic heterocycles. The van der Waals surface area contributed by atoms with Crippen LogP contribution in [-0.4, -0.2) is 16.9 Å². The minimum Gasteiger partial charge on any atom is -0.496 e. The summed E-state index contributed by atoms with van der Waals surface area (Å²) in [4.78, 5) is 0. The molecule has 0 bridgehead atoms. The van der Waals surface area contributed by atoms with Crippen LogP contribution in [0.2, 0.25) is 0 Å². The molecule has 2 rings (SSSR count). The Balaban J connectivity index is 2.64. The summed E-state index contributed by atoms with van der Waals surface area (Å²) in [6, 6.07) is 6.12. The molecule has 2 N–H and O–H groups in total. The quantitative estimate of drug-likeness (QED) is 0.904. The average Bonchev–Trinajstić information content (AvgIpc) is 2.69. The van der Waals surface area contributed by atoms with Crippen molar-refractivity contribution in [1.29, 1.82) is 0 Å². The van der Waals surface area contributed by atoms with Crippen molar-refractivity contribution in [3.05, 3.63) is 30.0 Å². The fourth-order valence-corrected chi connectivity index (χ4v) is 2.10. The van der Waals surface area contributed by atoms with Gasteiger partial charge in [-0.2, -0.15) is 5.10 Å². The van der Waals surface area contributed by atoms with Crippen molar-refractivity contribution in [3.63, 3.8) is 0 Å². The van der Waals surface area contributed by atoms with E-state index in [1.165, 1.54) is 5.56 Å². The summed E-state index contributed by atoms with van der Waals surface area (Å²) < 4.78 is 7.23. The molecule has 0 radical (unpaired) electrons. The Morgan fingerprint density at radius 2 is 2.00 bits per heavy atom. The molecular weight excluding hydrogens is 226 g/mol. The largest absolute Gasteiger partial charge is 0.496 e. The van der Waals surface area contributed by atoms with E-state index in [0.717, 1.165) is 16.9 Å². The Morgan fingerprint density at radius 1 is 1.28 bits per heavy atom. The van der Waals surface area contributed by atoms with E-state index in [0.29, 0.717) is 11.7 Å². The van der Waals surface area contributed by atoms with E-state index in [2.05, 4.69) is 25.0 Å². The van der Waals surface area contributed by atoms with E-state index in [1.807, 2.05) is 19.2 Å². The van der Waals surface area contributed by atoms with Gasteiger partial charge in [-0.3, -0.25) is 4.68 Å². The van der Waals surface area contributed by atoms with E-state index in [-0.39, 0.29) is 0 Å². The maximum absolute atomic E-state index is 6.03. The van der Waals surface area contributed by atoms with Gasteiger partial charge >= 0.3 is 0 Å². The predicted octanol–water partition coefficient (Wildman–Crippen LogP) is 2.80. The van der Waals surface area contributed by atoms with Gasteiger partial charge in [0.05, 0.1) is 13.3 Å². The summed E-state index contributed by atoms with van der Waals surface area (Å²) in [6.45, 7) is 4.29. The first-order chi connectivity index (χ1) is 8.56. The summed E-state index contributed by atoms with van der Waals surface area (Å²) in [5.74, 6) is 1.93. The summed E-state index contributed by atoms with van der Waals surface area (Å²) in [5.41, 5.74) is 9.12. The second-order valence-electron chi connectivity index (χ2n) is 4.65. The number of para-hydroxylation sites is 1. The van der Waals surface area contributed by atoms with Crippen molar-refractivity contribution in [2.75, 3.05) is 12.8 Å². The highest BCUT2D eigenvalue weighted by atomic mass is 16.5. The molecule has 0 aliphatic carbocycles. The number of aromatic nitrogens is 2. The number of nitrogens with zero attached hydrogens (tertiary/aromatic N) is 2. The van der Waals surface area contributed by atoms with Gasteiger partial charge < -0.3 is 10.5 Å². The Bertz CT molecular complexity index is 558. The molecule has 0 fully saturated rings. The summed E-state index contributed by atoms with van der Waals surface area (Å²) >= 11 is 0. The monoisotopic (exact) mass is 245 g/mol. The zero-order chi connectivity index (χ0) is 13.3. The maximum atomic E-state index is 6.03. The van der Waals surface area contributed by atoms with E-state index in [1.54, 1.807) is 18.0 Å². The van der Waals surface area contributed by atoms with Crippen LogP contribution >= 0.6 is 0 Å². The Morgan fingerprint density at radius 3 is 2.50 bits per heavy atom. The Kier molecular flexibility index (Phi) is 3.28. The number of nitrogen functional groups attached to an aromatic ring is 1. The lowest BCUT2D eigenvalue weighted by atomic mass is 9.96. The molecule has 1 aromatic heterocycles. The number of nitrogens with two attached hydrogens (primary N) is 1. The van der Waals surface area contributed by atoms with Crippen molar-refractivity contribution < 1.29 is 4.74 Å². The first-order valence-corrected chi connectivity index (χ1v) is 6.01. The highest BCUT2D eigenvalue weighted by molar-refractivity contribution is 5.79. The van der Waals surface area contributed by atoms with E-state index in [4.69, 9.17) is 10.5 Å². The topological polar surface area (TPSA) is 53.1 Å². The first kappa shape index (κ1) is 12.5. The van der Waals surface area contributed by atoms with Crippen LogP contribution < -0.4 is 10.5 Å². The minimum atomic E-state index is 0.401. The van der Waals surface area contributed by atoms with E-state index < -0.39 is 0 Å². The zero-order valence-corrected chi connectivity index (χ0v) is 11.3. The third-order valence-corrected chi connectivity index (χ3v) is 3.15. The van der Waals surface area contributed by atoms with Crippen LogP contribution in [0.15, 0.2) is 24.4 Å². The van der Waals surface area contributed by atoms with Gasteiger partial charge in [0.2, 0.25) is 0 Å². The fraction of sp³-hybridized carbons (Fsp3) is 0.357. The van der Waals surface area contributed by atoms with Gasteiger partial charge in [-0.25, -0.2) is 0 Å². The first-order valence-electron chi connectivity index (χ1n) is 6.01. The molecule has 4 nitrogen and oxygen atoms in total. The van der Waals surface area contributed by atoms with Gasteiger partial charge in [0.25, 0.3) is 0 Å². The minimum absolute atomic E-state index is 0.401. The number of rotatable bonds is 3. The molecular formula is C14H19N3O. The number of benzene rings is 1. The smallest absolute Gasteiger partial charge is 0.130 e. The molecule has 96 valence electrons. The highest BCUT2D eigenvalue weighted by Gasteiger charge is 2.16. The van der Waals surface area contributed by atoms with Gasteiger partial charge in [0.15, 0.2) is 0 Å². The van der Waals surface area contributed by atoms with Crippen molar-refractivity contribution >= 4 is 5.82 Å². The van der Waals surface area contributed by atoms with Gasteiger partial charge in [-0.05, 0) is 11.5 Å². The van der Waals surface area contributed by atoms with Crippen LogP contribution in [0.1, 0.15) is 25.3 Å². The molecule has 0 unspecified atom stereocenters. The van der Waals surface area contributed by atoms with Crippen LogP contribution in [0.3, 0.4) is 0 Å². The molecule has 0 saturated heterocycles. The molecule has 0 atom stereocenters. The Hall–Kier alpha value is -1.97. The number of ether oxygens (including phenoxy) is 1. The number of anilines is 1. The second-order valence-corrected chi connectivity index (χ2v) is 4.65. The molecule has 4 heteroatoms. The molecule has 1 aromatic carbocycles. The molecule has 2 aromatic rings. The van der Waals surface area contributed by atoms with Crippen LogP contribution in [0.25, 0.3) is 11.1 Å². The SMILES string of the molecule is COc1c(-c2cnn(C)c2N)cccc1C(C)C. The third-order valence-electron chi connectivity index (χ3n) is 3.15. The van der Waals surface area contributed by atoms with Crippen LogP contribution in [0.4, 0.5) is 5.82 Å². The molecule has 0 saturated carbocycles. The lowest BCUT2D eigenvalue weighted by molar-refractivity contribution is 0.409. The van der Waals surface area contributed by atoms with Crippen LogP contribution in [0, 0.1) is 0 Å². The fourth-order valence-electron chi connectivity index (χ4n) is 2.10. The van der Waals surface area contributed by atoms with Crippen molar-refractivity contribution in [2.45, 2.75) is 19.8 Å². The van der Waals surface area contributed by atoms with E-state index in [9.17, 15) is 0 Å². The standard InChI is InChI=1S/C14H19N3O/c1-9(2)10-6-5-7-11(13(10)18-4)12-8-16-17(3)14(12)15/h5-9H,15H2,1-4H3. The molecule has 0 amide bonds. The van der Waals surface area contributed by atoms with Gasteiger partial charge in [0, 0.05) is 18.2 Å².